The summed E-state index contributed by atoms with van der Waals surface area (Å²) in [4.78, 5) is 26.1. The van der Waals surface area contributed by atoms with Gasteiger partial charge in [-0.15, -0.1) is 0 Å². The van der Waals surface area contributed by atoms with E-state index in [1.165, 1.54) is 0 Å². The molecule has 0 unspecified atom stereocenters. The number of H-pyrrole nitrogens is 1. The predicted octanol–water partition coefficient (Wildman–Crippen LogP) is 3.03. The van der Waals surface area contributed by atoms with Crippen molar-refractivity contribution in [3.05, 3.63) is 57.5 Å². The number of pyridine rings is 1. The molecule has 0 aliphatic heterocycles. The van der Waals surface area contributed by atoms with Crippen LogP contribution in [0.1, 0.15) is 16.8 Å². The quantitative estimate of drug-likeness (QED) is 0.778. The zero-order valence-corrected chi connectivity index (χ0v) is 12.3. The third-order valence-corrected chi connectivity index (χ3v) is 3.56. The van der Waals surface area contributed by atoms with E-state index in [0.29, 0.717) is 28.0 Å². The smallest absolute Gasteiger partial charge is 0.307 e. The Bertz CT molecular complexity index is 916. The molecule has 0 fully saturated rings. The average Bonchev–Trinajstić information content (AvgIpc) is 2.77. The lowest BCUT2D eigenvalue weighted by molar-refractivity contribution is -0.136. The molecule has 0 atom stereocenters. The van der Waals surface area contributed by atoms with E-state index >= 15 is 0 Å². The molecule has 0 radical (unpaired) electrons. The third-order valence-electron chi connectivity index (χ3n) is 3.56. The highest BCUT2D eigenvalue weighted by molar-refractivity contribution is 5.91. The highest BCUT2D eigenvalue weighted by Crippen LogP contribution is 2.32. The summed E-state index contributed by atoms with van der Waals surface area (Å²) in [7, 11) is 0. The molecule has 1 aromatic carbocycles. The number of rotatable bonds is 3. The second-order valence-electron chi connectivity index (χ2n) is 5.37. The molecule has 0 bridgehead atoms. The van der Waals surface area contributed by atoms with Crippen LogP contribution in [0, 0.1) is 13.8 Å². The lowest BCUT2D eigenvalue weighted by atomic mass is 10.0. The van der Waals surface area contributed by atoms with Crippen LogP contribution < -0.4 is 5.56 Å². The van der Waals surface area contributed by atoms with E-state index in [-0.39, 0.29) is 12.0 Å². The number of nitrogens with one attached hydrogen (secondary N) is 1. The Labute approximate surface area is 126 Å². The average molecular weight is 297 g/mol. The van der Waals surface area contributed by atoms with E-state index in [0.717, 1.165) is 11.1 Å². The molecular weight excluding hydrogens is 282 g/mol. The SMILES string of the molecule is Cc1ccc(-c2oc3cc(C)[nH]c(=O)c3c2CC(=O)O)cc1. The number of aromatic amines is 1. The summed E-state index contributed by atoms with van der Waals surface area (Å²) in [5.74, 6) is -0.565. The molecule has 5 heteroatoms. The van der Waals surface area contributed by atoms with Crippen molar-refractivity contribution in [2.45, 2.75) is 20.3 Å². The Morgan fingerprint density at radius 1 is 1.23 bits per heavy atom. The minimum atomic E-state index is -1.00. The fourth-order valence-electron chi connectivity index (χ4n) is 2.57. The molecule has 2 aromatic heterocycles. The van der Waals surface area contributed by atoms with Crippen molar-refractivity contribution >= 4 is 16.9 Å². The molecule has 0 saturated carbocycles. The number of hydrogen-bond donors (Lipinski definition) is 2. The highest BCUT2D eigenvalue weighted by Gasteiger charge is 2.20. The van der Waals surface area contributed by atoms with Crippen molar-refractivity contribution in [3.8, 4) is 11.3 Å². The number of hydrogen-bond acceptors (Lipinski definition) is 3. The van der Waals surface area contributed by atoms with E-state index in [1.807, 2.05) is 31.2 Å². The number of carboxylic acid groups (broad SMARTS) is 1. The van der Waals surface area contributed by atoms with Gasteiger partial charge < -0.3 is 14.5 Å². The molecule has 2 heterocycles. The first kappa shape index (κ1) is 14.1. The Kier molecular flexibility index (Phi) is 3.33. The Morgan fingerprint density at radius 3 is 2.55 bits per heavy atom. The maximum absolute atomic E-state index is 12.2. The summed E-state index contributed by atoms with van der Waals surface area (Å²) in [6, 6.07) is 9.27. The number of carboxylic acids is 1. The molecule has 0 amide bonds. The molecular formula is C17H15NO4. The molecule has 0 aliphatic rings. The number of aryl methyl sites for hydroxylation is 2. The maximum atomic E-state index is 12.2. The zero-order valence-electron chi connectivity index (χ0n) is 12.3. The van der Waals surface area contributed by atoms with Crippen LogP contribution in [0.15, 0.2) is 39.5 Å². The van der Waals surface area contributed by atoms with Crippen molar-refractivity contribution < 1.29 is 14.3 Å². The highest BCUT2D eigenvalue weighted by atomic mass is 16.4. The third kappa shape index (κ3) is 2.41. The molecule has 5 nitrogen and oxygen atoms in total. The normalized spacial score (nSPS) is 11.0. The fraction of sp³-hybridized carbons (Fsp3) is 0.176. The topological polar surface area (TPSA) is 83.3 Å². The molecule has 3 rings (SSSR count). The summed E-state index contributed by atoms with van der Waals surface area (Å²) in [6.07, 6.45) is -0.262. The van der Waals surface area contributed by atoms with E-state index < -0.39 is 5.97 Å². The first-order chi connectivity index (χ1) is 10.5. The molecule has 22 heavy (non-hydrogen) atoms. The van der Waals surface area contributed by atoms with Gasteiger partial charge in [-0.05, 0) is 13.8 Å². The number of benzene rings is 1. The van der Waals surface area contributed by atoms with Gasteiger partial charge in [-0.2, -0.15) is 0 Å². The van der Waals surface area contributed by atoms with Gasteiger partial charge in [0.25, 0.3) is 5.56 Å². The first-order valence-electron chi connectivity index (χ1n) is 6.90. The minimum Gasteiger partial charge on any atom is -0.481 e. The molecule has 112 valence electrons. The van der Waals surface area contributed by atoms with Crippen molar-refractivity contribution in [2.75, 3.05) is 0 Å². The van der Waals surface area contributed by atoms with Crippen LogP contribution in [0.3, 0.4) is 0 Å². The van der Waals surface area contributed by atoms with Crippen molar-refractivity contribution in [2.24, 2.45) is 0 Å². The van der Waals surface area contributed by atoms with Crippen molar-refractivity contribution in [3.63, 3.8) is 0 Å². The standard InChI is InChI=1S/C17H15NO4/c1-9-3-5-11(6-4-9)16-12(8-14(19)20)15-13(22-16)7-10(2)18-17(15)21/h3-7H,8H2,1-2H3,(H,18,21)(H,19,20). The maximum Gasteiger partial charge on any atom is 0.307 e. The summed E-state index contributed by atoms with van der Waals surface area (Å²) < 4.78 is 5.80. The van der Waals surface area contributed by atoms with Crippen LogP contribution in [-0.4, -0.2) is 16.1 Å². The van der Waals surface area contributed by atoms with Gasteiger partial charge in [-0.3, -0.25) is 9.59 Å². The van der Waals surface area contributed by atoms with Gasteiger partial charge in [0, 0.05) is 22.9 Å². The Hall–Kier alpha value is -2.82. The zero-order chi connectivity index (χ0) is 15.9. The number of furan rings is 1. The molecule has 0 saturated heterocycles. The van der Waals surface area contributed by atoms with Crippen LogP contribution in [0.25, 0.3) is 22.3 Å². The molecule has 0 spiro atoms. The van der Waals surface area contributed by atoms with Crippen LogP contribution >= 0.6 is 0 Å². The number of fused-ring (bicyclic) bond motifs is 1. The molecule has 2 N–H and O–H groups in total. The Balaban J connectivity index is 2.33. The van der Waals surface area contributed by atoms with Gasteiger partial charge in [0.1, 0.15) is 11.3 Å². The molecule has 3 aromatic rings. The summed E-state index contributed by atoms with van der Waals surface area (Å²) in [5.41, 5.74) is 3.01. The lowest BCUT2D eigenvalue weighted by Gasteiger charge is -2.01. The van der Waals surface area contributed by atoms with Crippen LogP contribution in [0.2, 0.25) is 0 Å². The van der Waals surface area contributed by atoms with Crippen LogP contribution in [0.5, 0.6) is 0 Å². The van der Waals surface area contributed by atoms with E-state index in [9.17, 15) is 9.59 Å². The largest absolute Gasteiger partial charge is 0.481 e. The van der Waals surface area contributed by atoms with E-state index in [2.05, 4.69) is 4.98 Å². The summed E-state index contributed by atoms with van der Waals surface area (Å²) in [6.45, 7) is 3.72. The van der Waals surface area contributed by atoms with Crippen molar-refractivity contribution in [1.29, 1.82) is 0 Å². The van der Waals surface area contributed by atoms with Crippen LogP contribution in [-0.2, 0) is 11.2 Å². The molecule has 0 aliphatic carbocycles. The van der Waals surface area contributed by atoms with Gasteiger partial charge >= 0.3 is 5.97 Å². The number of aliphatic carboxylic acids is 1. The lowest BCUT2D eigenvalue weighted by Crippen LogP contribution is -2.10. The monoisotopic (exact) mass is 297 g/mol. The minimum absolute atomic E-state index is 0.262. The second kappa shape index (κ2) is 5.18. The van der Waals surface area contributed by atoms with E-state index in [1.54, 1.807) is 13.0 Å². The van der Waals surface area contributed by atoms with Gasteiger partial charge in [0.05, 0.1) is 11.8 Å². The van der Waals surface area contributed by atoms with Gasteiger partial charge in [-0.25, -0.2) is 0 Å². The Morgan fingerprint density at radius 2 is 1.91 bits per heavy atom. The first-order valence-corrected chi connectivity index (χ1v) is 6.90. The summed E-state index contributed by atoms with van der Waals surface area (Å²) >= 11 is 0. The fourth-order valence-corrected chi connectivity index (χ4v) is 2.57. The summed E-state index contributed by atoms with van der Waals surface area (Å²) in [5, 5.41) is 9.46. The second-order valence-corrected chi connectivity index (χ2v) is 5.37. The van der Waals surface area contributed by atoms with Crippen LogP contribution in [0.4, 0.5) is 0 Å². The number of aromatic nitrogens is 1. The predicted molar refractivity (Wildman–Crippen MR) is 83.1 cm³/mol. The van der Waals surface area contributed by atoms with E-state index in [4.69, 9.17) is 9.52 Å². The van der Waals surface area contributed by atoms with Gasteiger partial charge in [-0.1, -0.05) is 29.8 Å². The van der Waals surface area contributed by atoms with Crippen molar-refractivity contribution in [1.82, 2.24) is 4.98 Å². The van der Waals surface area contributed by atoms with Gasteiger partial charge in [0.15, 0.2) is 0 Å². The number of carbonyl (C=O) groups is 1. The van der Waals surface area contributed by atoms with Gasteiger partial charge in [0.2, 0.25) is 0 Å².